The van der Waals surface area contributed by atoms with E-state index in [1.165, 1.54) is 0 Å². The van der Waals surface area contributed by atoms with Crippen LogP contribution in [0.15, 0.2) is 115 Å². The summed E-state index contributed by atoms with van der Waals surface area (Å²) in [7, 11) is 1.64. The standard InChI is InChI=1S/C35H36O7/c1-36-30-19-17-29(18-20-30)34-40-33-32(39-23-28-15-9-4-10-16-28)31(24-37-21-26-11-5-2-6-12-26)41-35(33,42-34)25-38-22-27-13-7-3-8-14-27/h2-20,31-34H,21-25H2,1H3/t31-,32-,33+,34-,35+/m1/s1. The molecule has 2 aliphatic heterocycles. The van der Waals surface area contributed by atoms with Crippen molar-refractivity contribution in [2.45, 2.75) is 50.2 Å². The van der Waals surface area contributed by atoms with Gasteiger partial charge < -0.3 is 33.2 Å². The summed E-state index contributed by atoms with van der Waals surface area (Å²) in [6.07, 6.45) is -2.09. The number of hydrogen-bond acceptors (Lipinski definition) is 7. The lowest BCUT2D eigenvalue weighted by atomic mass is 10.1. The molecule has 6 rings (SSSR count). The number of rotatable bonds is 13. The number of benzene rings is 4. The first-order valence-electron chi connectivity index (χ1n) is 14.3. The lowest BCUT2D eigenvalue weighted by Gasteiger charge is -2.27. The molecule has 0 spiro atoms. The maximum absolute atomic E-state index is 6.70. The van der Waals surface area contributed by atoms with Crippen LogP contribution in [0.3, 0.4) is 0 Å². The van der Waals surface area contributed by atoms with E-state index in [4.69, 9.17) is 33.2 Å². The molecular weight excluding hydrogens is 532 g/mol. The molecule has 7 nitrogen and oxygen atoms in total. The van der Waals surface area contributed by atoms with E-state index in [1.54, 1.807) is 7.11 Å². The first-order valence-corrected chi connectivity index (χ1v) is 14.3. The summed E-state index contributed by atoms with van der Waals surface area (Å²) in [5.41, 5.74) is 4.07. The highest BCUT2D eigenvalue weighted by atomic mass is 16.9. The Labute approximate surface area is 246 Å². The summed E-state index contributed by atoms with van der Waals surface area (Å²) < 4.78 is 44.1. The lowest BCUT2D eigenvalue weighted by Crippen LogP contribution is -2.45. The van der Waals surface area contributed by atoms with Crippen molar-refractivity contribution in [1.29, 1.82) is 0 Å². The Balaban J connectivity index is 1.23. The largest absolute Gasteiger partial charge is 0.497 e. The Bertz CT molecular complexity index is 1370. The topological polar surface area (TPSA) is 64.6 Å². The second-order valence-corrected chi connectivity index (χ2v) is 10.5. The van der Waals surface area contributed by atoms with Crippen LogP contribution in [0.25, 0.3) is 0 Å². The zero-order chi connectivity index (χ0) is 28.6. The van der Waals surface area contributed by atoms with Crippen LogP contribution in [0, 0.1) is 0 Å². The van der Waals surface area contributed by atoms with Gasteiger partial charge in [0, 0.05) is 5.56 Å². The fourth-order valence-corrected chi connectivity index (χ4v) is 5.35. The molecule has 2 saturated heterocycles. The van der Waals surface area contributed by atoms with Crippen LogP contribution in [-0.4, -0.2) is 44.4 Å². The Hall–Kier alpha value is -3.56. The highest BCUT2D eigenvalue weighted by Gasteiger charge is 2.64. The van der Waals surface area contributed by atoms with Gasteiger partial charge >= 0.3 is 0 Å². The van der Waals surface area contributed by atoms with E-state index in [0.717, 1.165) is 28.0 Å². The molecule has 2 aliphatic rings. The molecule has 0 aliphatic carbocycles. The van der Waals surface area contributed by atoms with Crippen molar-refractivity contribution in [3.63, 3.8) is 0 Å². The molecule has 0 amide bonds. The van der Waals surface area contributed by atoms with Crippen molar-refractivity contribution in [2.75, 3.05) is 20.3 Å². The zero-order valence-electron chi connectivity index (χ0n) is 23.7. The van der Waals surface area contributed by atoms with Gasteiger partial charge in [0.15, 0.2) is 6.29 Å². The highest BCUT2D eigenvalue weighted by Crippen LogP contribution is 2.48. The maximum Gasteiger partial charge on any atom is 0.224 e. The van der Waals surface area contributed by atoms with E-state index in [2.05, 4.69) is 0 Å². The predicted molar refractivity (Wildman–Crippen MR) is 157 cm³/mol. The third kappa shape index (κ3) is 6.73. The Kier molecular flexibility index (Phi) is 9.25. The average molecular weight is 569 g/mol. The second-order valence-electron chi connectivity index (χ2n) is 10.5. The van der Waals surface area contributed by atoms with Crippen LogP contribution in [0.5, 0.6) is 5.75 Å². The molecule has 7 heteroatoms. The number of methoxy groups -OCH3 is 1. The van der Waals surface area contributed by atoms with Crippen LogP contribution < -0.4 is 4.74 Å². The summed E-state index contributed by atoms with van der Waals surface area (Å²) in [5.74, 6) is -0.421. The zero-order valence-corrected chi connectivity index (χ0v) is 23.7. The van der Waals surface area contributed by atoms with Crippen molar-refractivity contribution in [3.05, 3.63) is 138 Å². The van der Waals surface area contributed by atoms with Gasteiger partial charge in [0.05, 0.1) is 33.5 Å². The molecular formula is C35H36O7. The molecule has 4 aromatic carbocycles. The minimum absolute atomic E-state index is 0.166. The van der Waals surface area contributed by atoms with E-state index in [-0.39, 0.29) is 6.61 Å². The van der Waals surface area contributed by atoms with Crippen LogP contribution in [0.1, 0.15) is 28.5 Å². The van der Waals surface area contributed by atoms with Gasteiger partial charge in [-0.15, -0.1) is 0 Å². The van der Waals surface area contributed by atoms with Crippen molar-refractivity contribution in [1.82, 2.24) is 0 Å². The van der Waals surface area contributed by atoms with Gasteiger partial charge in [0.2, 0.25) is 5.79 Å². The molecule has 0 aromatic heterocycles. The SMILES string of the molecule is COc1ccc([C@@H]2O[C@H]3[C@H](OCc4ccccc4)[C@@H](COCc4ccccc4)O[C@@]3(COCc3ccccc3)O2)cc1. The molecule has 42 heavy (non-hydrogen) atoms. The van der Waals surface area contributed by atoms with Crippen LogP contribution in [-0.2, 0) is 48.2 Å². The van der Waals surface area contributed by atoms with Crippen molar-refractivity contribution in [3.8, 4) is 5.75 Å². The number of ether oxygens (including phenoxy) is 7. The number of fused-ring (bicyclic) bond motifs is 1. The first kappa shape index (κ1) is 28.6. The van der Waals surface area contributed by atoms with Crippen LogP contribution in [0.4, 0.5) is 0 Å². The molecule has 0 N–H and O–H groups in total. The second kappa shape index (κ2) is 13.6. The average Bonchev–Trinajstić information content (AvgIpc) is 3.54. The Morgan fingerprint density at radius 2 is 1.21 bits per heavy atom. The molecule has 0 radical (unpaired) electrons. The van der Waals surface area contributed by atoms with E-state index in [1.807, 2.05) is 115 Å². The molecule has 0 unspecified atom stereocenters. The molecule has 2 heterocycles. The predicted octanol–water partition coefficient (Wildman–Crippen LogP) is 6.22. The third-order valence-corrected chi connectivity index (χ3v) is 7.51. The van der Waals surface area contributed by atoms with Crippen molar-refractivity contribution < 1.29 is 33.2 Å². The fraction of sp³-hybridized carbons (Fsp3) is 0.314. The Morgan fingerprint density at radius 3 is 1.81 bits per heavy atom. The summed E-state index contributed by atoms with van der Waals surface area (Å²) in [6.45, 7) is 1.76. The molecule has 4 aromatic rings. The van der Waals surface area contributed by atoms with Crippen molar-refractivity contribution in [2.24, 2.45) is 0 Å². The van der Waals surface area contributed by atoms with Crippen LogP contribution in [0.2, 0.25) is 0 Å². The van der Waals surface area contributed by atoms with Gasteiger partial charge in [-0.05, 0) is 28.8 Å². The van der Waals surface area contributed by atoms with Gasteiger partial charge in [0.25, 0.3) is 0 Å². The lowest BCUT2D eigenvalue weighted by molar-refractivity contribution is -0.261. The summed E-state index contributed by atoms with van der Waals surface area (Å²) in [5, 5.41) is 0. The van der Waals surface area contributed by atoms with Gasteiger partial charge in [-0.2, -0.15) is 0 Å². The monoisotopic (exact) mass is 568 g/mol. The van der Waals surface area contributed by atoms with E-state index in [0.29, 0.717) is 26.4 Å². The molecule has 5 atom stereocenters. The van der Waals surface area contributed by atoms with Gasteiger partial charge in [-0.3, -0.25) is 0 Å². The minimum Gasteiger partial charge on any atom is -0.497 e. The maximum atomic E-state index is 6.70. The fourth-order valence-electron chi connectivity index (χ4n) is 5.35. The van der Waals surface area contributed by atoms with Gasteiger partial charge in [-0.25, -0.2) is 0 Å². The van der Waals surface area contributed by atoms with Gasteiger partial charge in [0.1, 0.15) is 30.7 Å². The summed E-state index contributed by atoms with van der Waals surface area (Å²) in [4.78, 5) is 0. The molecule has 2 fully saturated rings. The summed E-state index contributed by atoms with van der Waals surface area (Å²) >= 11 is 0. The molecule has 0 saturated carbocycles. The van der Waals surface area contributed by atoms with Gasteiger partial charge in [-0.1, -0.05) is 103 Å². The van der Waals surface area contributed by atoms with E-state index in [9.17, 15) is 0 Å². The Morgan fingerprint density at radius 1 is 0.643 bits per heavy atom. The number of hydrogen-bond donors (Lipinski definition) is 0. The first-order chi connectivity index (χ1) is 20.7. The normalized spacial score (nSPS) is 24.9. The summed E-state index contributed by atoms with van der Waals surface area (Å²) in [6, 6.07) is 37.8. The molecule has 218 valence electrons. The van der Waals surface area contributed by atoms with Crippen molar-refractivity contribution >= 4 is 0 Å². The quantitative estimate of drug-likeness (QED) is 0.190. The molecule has 0 bridgehead atoms. The highest BCUT2D eigenvalue weighted by molar-refractivity contribution is 5.28. The van der Waals surface area contributed by atoms with E-state index < -0.39 is 30.4 Å². The third-order valence-electron chi connectivity index (χ3n) is 7.51. The minimum atomic E-state index is -1.18. The van der Waals surface area contributed by atoms with Crippen LogP contribution >= 0.6 is 0 Å². The smallest absolute Gasteiger partial charge is 0.224 e. The van der Waals surface area contributed by atoms with E-state index >= 15 is 0 Å².